The van der Waals surface area contributed by atoms with Gasteiger partial charge in [0.1, 0.15) is 5.82 Å². The molecule has 1 aromatic heterocycles. The summed E-state index contributed by atoms with van der Waals surface area (Å²) >= 11 is 0. The highest BCUT2D eigenvalue weighted by Crippen LogP contribution is 2.22. The lowest BCUT2D eigenvalue weighted by Gasteiger charge is -2.13. The molecule has 1 heterocycles. The Bertz CT molecular complexity index is 1000. The number of carbonyl (C=O) groups is 1. The van der Waals surface area contributed by atoms with Gasteiger partial charge in [-0.25, -0.2) is 4.98 Å². The maximum atomic E-state index is 12.1. The topological polar surface area (TPSA) is 46.9 Å². The minimum Gasteiger partial charge on any atom is -0.356 e. The number of nitrogens with one attached hydrogen (secondary N) is 1. The molecule has 0 spiro atoms. The molecular weight excluding hydrogens is 406 g/mol. The Balaban J connectivity index is 1.59. The number of para-hydroxylation sites is 2. The van der Waals surface area contributed by atoms with E-state index in [1.54, 1.807) is 0 Å². The third-order valence-electron chi connectivity index (χ3n) is 6.97. The molecule has 0 aliphatic heterocycles. The second-order valence-electron chi connectivity index (χ2n) is 9.27. The van der Waals surface area contributed by atoms with Gasteiger partial charge in [-0.15, -0.1) is 0 Å². The van der Waals surface area contributed by atoms with E-state index in [9.17, 15) is 4.79 Å². The Hall–Kier alpha value is -2.62. The van der Waals surface area contributed by atoms with Crippen molar-refractivity contribution in [1.29, 1.82) is 0 Å². The SMILES string of the molecule is CCC(CC)C(=O)NCCCCCc1nc2ccccc2n1Cc1ccc(C(C)CC)cc1. The highest BCUT2D eigenvalue weighted by Gasteiger charge is 2.13. The summed E-state index contributed by atoms with van der Waals surface area (Å²) in [6.07, 6.45) is 7.14. The standard InChI is InChI=1S/C29H41N3O/c1-5-22(4)25-18-16-23(17-19-25)21-32-27-14-11-10-13-26(27)31-28(32)15-9-8-12-20-30-29(33)24(6-2)7-3/h10-11,13-14,16-19,22,24H,5-9,12,15,20-21H2,1-4H3,(H,30,33). The van der Waals surface area contributed by atoms with E-state index < -0.39 is 0 Å². The maximum absolute atomic E-state index is 12.1. The van der Waals surface area contributed by atoms with E-state index in [1.165, 1.54) is 16.6 Å². The number of aromatic nitrogens is 2. The zero-order valence-corrected chi connectivity index (χ0v) is 20.9. The number of aryl methyl sites for hydroxylation is 1. The number of hydrogen-bond donors (Lipinski definition) is 1. The van der Waals surface area contributed by atoms with Crippen LogP contribution in [0.1, 0.15) is 89.1 Å². The fourth-order valence-corrected chi connectivity index (χ4v) is 4.46. The van der Waals surface area contributed by atoms with Crippen LogP contribution in [0.4, 0.5) is 0 Å². The van der Waals surface area contributed by atoms with Gasteiger partial charge < -0.3 is 9.88 Å². The van der Waals surface area contributed by atoms with Gasteiger partial charge in [0.2, 0.25) is 5.91 Å². The van der Waals surface area contributed by atoms with Crippen LogP contribution in [0.5, 0.6) is 0 Å². The zero-order chi connectivity index (χ0) is 23.6. The molecule has 3 rings (SSSR count). The number of nitrogens with zero attached hydrogens (tertiary/aromatic N) is 2. The van der Waals surface area contributed by atoms with Crippen LogP contribution >= 0.6 is 0 Å². The number of unbranched alkanes of at least 4 members (excludes halogenated alkanes) is 2. The quantitative estimate of drug-likeness (QED) is 0.291. The van der Waals surface area contributed by atoms with Crippen LogP contribution in [0.2, 0.25) is 0 Å². The Morgan fingerprint density at radius 2 is 1.67 bits per heavy atom. The molecule has 4 nitrogen and oxygen atoms in total. The Kier molecular flexibility index (Phi) is 9.53. The first kappa shape index (κ1) is 25.0. The third kappa shape index (κ3) is 6.69. The van der Waals surface area contributed by atoms with E-state index in [0.29, 0.717) is 5.92 Å². The van der Waals surface area contributed by atoms with Crippen molar-refractivity contribution in [2.24, 2.45) is 5.92 Å². The van der Waals surface area contributed by atoms with Crippen LogP contribution in [0.15, 0.2) is 48.5 Å². The van der Waals surface area contributed by atoms with Crippen molar-refractivity contribution in [2.75, 3.05) is 6.54 Å². The molecule has 0 radical (unpaired) electrons. The number of rotatable bonds is 13. The van der Waals surface area contributed by atoms with Gasteiger partial charge in [-0.3, -0.25) is 4.79 Å². The first-order chi connectivity index (χ1) is 16.1. The monoisotopic (exact) mass is 447 g/mol. The highest BCUT2D eigenvalue weighted by molar-refractivity contribution is 5.78. The number of benzene rings is 2. The molecule has 1 atom stereocenters. The number of amides is 1. The van der Waals surface area contributed by atoms with Crippen molar-refractivity contribution in [2.45, 2.75) is 85.1 Å². The van der Waals surface area contributed by atoms with E-state index in [-0.39, 0.29) is 11.8 Å². The summed E-state index contributed by atoms with van der Waals surface area (Å²) in [7, 11) is 0. The summed E-state index contributed by atoms with van der Waals surface area (Å²) in [4.78, 5) is 17.1. The number of carbonyl (C=O) groups excluding carboxylic acids is 1. The van der Waals surface area contributed by atoms with Crippen LogP contribution in [-0.4, -0.2) is 22.0 Å². The molecule has 0 aliphatic rings. The van der Waals surface area contributed by atoms with Gasteiger partial charge in [-0.1, -0.05) is 70.5 Å². The van der Waals surface area contributed by atoms with E-state index in [2.05, 4.69) is 86.1 Å². The first-order valence-corrected chi connectivity index (χ1v) is 12.9. The van der Waals surface area contributed by atoms with Crippen molar-refractivity contribution in [3.05, 3.63) is 65.5 Å². The minimum absolute atomic E-state index is 0.157. The fourth-order valence-electron chi connectivity index (χ4n) is 4.46. The van der Waals surface area contributed by atoms with Crippen molar-refractivity contribution >= 4 is 16.9 Å². The lowest BCUT2D eigenvalue weighted by molar-refractivity contribution is -0.125. The normalized spacial score (nSPS) is 12.4. The molecule has 178 valence electrons. The molecule has 1 amide bonds. The average molecular weight is 448 g/mol. The smallest absolute Gasteiger partial charge is 0.223 e. The van der Waals surface area contributed by atoms with Crippen LogP contribution < -0.4 is 5.32 Å². The van der Waals surface area contributed by atoms with Crippen LogP contribution in [0, 0.1) is 5.92 Å². The van der Waals surface area contributed by atoms with E-state index in [0.717, 1.165) is 69.4 Å². The second kappa shape index (κ2) is 12.6. The van der Waals surface area contributed by atoms with Crippen LogP contribution in [0.3, 0.4) is 0 Å². The van der Waals surface area contributed by atoms with Crippen molar-refractivity contribution in [3.63, 3.8) is 0 Å². The summed E-state index contributed by atoms with van der Waals surface area (Å²) < 4.78 is 2.38. The van der Waals surface area contributed by atoms with Gasteiger partial charge in [-0.05, 0) is 61.3 Å². The molecule has 3 aromatic rings. The minimum atomic E-state index is 0.157. The molecule has 0 fully saturated rings. The molecule has 33 heavy (non-hydrogen) atoms. The molecule has 0 bridgehead atoms. The molecule has 0 saturated carbocycles. The predicted octanol–water partition coefficient (Wildman–Crippen LogP) is 6.86. The Labute approximate surface area is 199 Å². The summed E-state index contributed by atoms with van der Waals surface area (Å²) in [5.74, 6) is 2.12. The van der Waals surface area contributed by atoms with Crippen molar-refractivity contribution < 1.29 is 4.79 Å². The molecular formula is C29H41N3O. The zero-order valence-electron chi connectivity index (χ0n) is 20.9. The van der Waals surface area contributed by atoms with E-state index in [4.69, 9.17) is 4.98 Å². The van der Waals surface area contributed by atoms with Gasteiger partial charge in [0, 0.05) is 25.4 Å². The van der Waals surface area contributed by atoms with E-state index in [1.807, 2.05) is 0 Å². The maximum Gasteiger partial charge on any atom is 0.223 e. The van der Waals surface area contributed by atoms with Crippen LogP contribution in [0.25, 0.3) is 11.0 Å². The van der Waals surface area contributed by atoms with Crippen molar-refractivity contribution in [3.8, 4) is 0 Å². The average Bonchev–Trinajstić information content (AvgIpc) is 3.19. The van der Waals surface area contributed by atoms with Gasteiger partial charge in [0.25, 0.3) is 0 Å². The first-order valence-electron chi connectivity index (χ1n) is 12.9. The molecule has 1 N–H and O–H groups in total. The fraction of sp³-hybridized carbons (Fsp3) is 0.517. The third-order valence-corrected chi connectivity index (χ3v) is 6.97. The molecule has 4 heteroatoms. The Morgan fingerprint density at radius 1 is 0.939 bits per heavy atom. The summed E-state index contributed by atoms with van der Waals surface area (Å²) in [6, 6.07) is 17.5. The van der Waals surface area contributed by atoms with Gasteiger partial charge in [-0.2, -0.15) is 0 Å². The summed E-state index contributed by atoms with van der Waals surface area (Å²) in [5.41, 5.74) is 5.00. The second-order valence-corrected chi connectivity index (χ2v) is 9.27. The highest BCUT2D eigenvalue weighted by atomic mass is 16.1. The molecule has 0 saturated heterocycles. The van der Waals surface area contributed by atoms with Crippen molar-refractivity contribution in [1.82, 2.24) is 14.9 Å². The predicted molar refractivity (Wildman–Crippen MR) is 139 cm³/mol. The lowest BCUT2D eigenvalue weighted by Crippen LogP contribution is -2.30. The summed E-state index contributed by atoms with van der Waals surface area (Å²) in [5, 5.41) is 3.11. The van der Waals surface area contributed by atoms with Gasteiger partial charge in [0.05, 0.1) is 11.0 Å². The molecule has 0 aliphatic carbocycles. The molecule has 1 unspecified atom stereocenters. The Morgan fingerprint density at radius 3 is 2.36 bits per heavy atom. The number of imidazole rings is 1. The lowest BCUT2D eigenvalue weighted by atomic mass is 9.97. The van der Waals surface area contributed by atoms with Gasteiger partial charge in [0.15, 0.2) is 0 Å². The largest absolute Gasteiger partial charge is 0.356 e. The molecule has 2 aromatic carbocycles. The van der Waals surface area contributed by atoms with Crippen LogP contribution in [-0.2, 0) is 17.8 Å². The van der Waals surface area contributed by atoms with Gasteiger partial charge >= 0.3 is 0 Å². The number of fused-ring (bicyclic) bond motifs is 1. The number of hydrogen-bond acceptors (Lipinski definition) is 2. The van der Waals surface area contributed by atoms with E-state index >= 15 is 0 Å². The summed E-state index contributed by atoms with van der Waals surface area (Å²) in [6.45, 7) is 10.3.